The SMILES string of the molecule is Cc1ccnn1-c1ccc(C(=O)N[C@H]2CCN(Cc3ccccc3)C2)cc1. The highest BCUT2D eigenvalue weighted by Gasteiger charge is 2.24. The van der Waals surface area contributed by atoms with E-state index in [1.807, 2.05) is 48.0 Å². The molecule has 1 fully saturated rings. The van der Waals surface area contributed by atoms with E-state index in [0.29, 0.717) is 5.56 Å². The molecule has 1 amide bonds. The van der Waals surface area contributed by atoms with Crippen molar-refractivity contribution < 1.29 is 4.79 Å². The number of nitrogens with one attached hydrogen (secondary N) is 1. The molecule has 1 atom stereocenters. The molecule has 0 aliphatic carbocycles. The topological polar surface area (TPSA) is 50.2 Å². The molecule has 1 aliphatic heterocycles. The number of benzene rings is 2. The Morgan fingerprint density at radius 2 is 1.89 bits per heavy atom. The Hall–Kier alpha value is -2.92. The third-order valence-electron chi connectivity index (χ3n) is 5.06. The van der Waals surface area contributed by atoms with Crippen LogP contribution in [0.2, 0.25) is 0 Å². The summed E-state index contributed by atoms with van der Waals surface area (Å²) in [6.45, 7) is 4.85. The molecule has 1 aromatic heterocycles. The van der Waals surface area contributed by atoms with E-state index in [1.54, 1.807) is 6.20 Å². The van der Waals surface area contributed by atoms with Crippen molar-refractivity contribution in [1.82, 2.24) is 20.0 Å². The molecule has 0 saturated carbocycles. The molecule has 0 radical (unpaired) electrons. The van der Waals surface area contributed by atoms with Crippen LogP contribution in [0.25, 0.3) is 5.69 Å². The Bertz CT molecular complexity index is 902. The number of likely N-dealkylation sites (tertiary alicyclic amines) is 1. The summed E-state index contributed by atoms with van der Waals surface area (Å²) in [5, 5.41) is 7.47. The second-order valence-corrected chi connectivity index (χ2v) is 7.11. The molecule has 5 heteroatoms. The number of rotatable bonds is 5. The maximum atomic E-state index is 12.6. The second-order valence-electron chi connectivity index (χ2n) is 7.11. The van der Waals surface area contributed by atoms with Crippen molar-refractivity contribution in [2.24, 2.45) is 0 Å². The lowest BCUT2D eigenvalue weighted by Gasteiger charge is -2.17. The van der Waals surface area contributed by atoms with Gasteiger partial charge in [-0.25, -0.2) is 4.68 Å². The number of carbonyl (C=O) groups is 1. The normalized spacial score (nSPS) is 17.1. The predicted octanol–water partition coefficient (Wildman–Crippen LogP) is 3.19. The summed E-state index contributed by atoms with van der Waals surface area (Å²) in [6.07, 6.45) is 2.76. The van der Waals surface area contributed by atoms with Crippen LogP contribution >= 0.6 is 0 Å². The van der Waals surface area contributed by atoms with Gasteiger partial charge in [0, 0.05) is 43.1 Å². The van der Waals surface area contributed by atoms with Crippen LogP contribution in [0.15, 0.2) is 66.9 Å². The maximum absolute atomic E-state index is 12.6. The first-order chi connectivity index (χ1) is 13.2. The number of amides is 1. The highest BCUT2D eigenvalue weighted by molar-refractivity contribution is 5.94. The van der Waals surface area contributed by atoms with Gasteiger partial charge in [0.05, 0.1) is 5.69 Å². The fourth-order valence-corrected chi connectivity index (χ4v) is 3.60. The van der Waals surface area contributed by atoms with Crippen molar-refractivity contribution >= 4 is 5.91 Å². The monoisotopic (exact) mass is 360 g/mol. The van der Waals surface area contributed by atoms with Crippen LogP contribution in [0.4, 0.5) is 0 Å². The van der Waals surface area contributed by atoms with E-state index in [0.717, 1.165) is 37.4 Å². The highest BCUT2D eigenvalue weighted by Crippen LogP contribution is 2.15. The van der Waals surface area contributed by atoms with Crippen molar-refractivity contribution in [1.29, 1.82) is 0 Å². The molecular weight excluding hydrogens is 336 g/mol. The first kappa shape index (κ1) is 17.5. The Balaban J connectivity index is 1.33. The smallest absolute Gasteiger partial charge is 0.251 e. The van der Waals surface area contributed by atoms with Gasteiger partial charge in [-0.05, 0) is 49.2 Å². The van der Waals surface area contributed by atoms with Crippen LogP contribution in [-0.4, -0.2) is 39.7 Å². The van der Waals surface area contributed by atoms with Crippen LogP contribution in [-0.2, 0) is 6.54 Å². The molecular formula is C22H24N4O. The zero-order valence-corrected chi connectivity index (χ0v) is 15.5. The molecule has 3 aromatic rings. The van der Waals surface area contributed by atoms with Gasteiger partial charge in [0.15, 0.2) is 0 Å². The Kier molecular flexibility index (Phi) is 5.03. The molecule has 2 heterocycles. The average Bonchev–Trinajstić information content (AvgIpc) is 3.31. The van der Waals surface area contributed by atoms with E-state index in [9.17, 15) is 4.79 Å². The fraction of sp³-hybridized carbons (Fsp3) is 0.273. The number of hydrogen-bond donors (Lipinski definition) is 1. The van der Waals surface area contributed by atoms with Crippen LogP contribution in [0, 0.1) is 6.92 Å². The van der Waals surface area contributed by atoms with Gasteiger partial charge in [0.25, 0.3) is 5.91 Å². The lowest BCUT2D eigenvalue weighted by atomic mass is 10.1. The van der Waals surface area contributed by atoms with Gasteiger partial charge in [-0.2, -0.15) is 5.10 Å². The van der Waals surface area contributed by atoms with Gasteiger partial charge >= 0.3 is 0 Å². The van der Waals surface area contributed by atoms with Gasteiger partial charge in [-0.3, -0.25) is 9.69 Å². The van der Waals surface area contributed by atoms with Gasteiger partial charge in [-0.15, -0.1) is 0 Å². The zero-order valence-electron chi connectivity index (χ0n) is 15.5. The van der Waals surface area contributed by atoms with Gasteiger partial charge in [0.1, 0.15) is 0 Å². The Morgan fingerprint density at radius 1 is 1.11 bits per heavy atom. The Labute approximate surface area is 159 Å². The lowest BCUT2D eigenvalue weighted by Crippen LogP contribution is -2.37. The zero-order chi connectivity index (χ0) is 18.6. The summed E-state index contributed by atoms with van der Waals surface area (Å²) in [5.74, 6) is -0.00898. The molecule has 27 heavy (non-hydrogen) atoms. The summed E-state index contributed by atoms with van der Waals surface area (Å²) in [4.78, 5) is 15.0. The average molecular weight is 360 g/mol. The van der Waals surface area contributed by atoms with Crippen LogP contribution in [0.1, 0.15) is 28.0 Å². The highest BCUT2D eigenvalue weighted by atomic mass is 16.1. The number of hydrogen-bond acceptors (Lipinski definition) is 3. The third-order valence-corrected chi connectivity index (χ3v) is 5.06. The summed E-state index contributed by atoms with van der Waals surface area (Å²) in [6, 6.07) is 20.2. The van der Waals surface area contributed by atoms with Crippen molar-refractivity contribution in [3.63, 3.8) is 0 Å². The minimum atomic E-state index is -0.00898. The fourth-order valence-electron chi connectivity index (χ4n) is 3.60. The van der Waals surface area contributed by atoms with E-state index in [-0.39, 0.29) is 11.9 Å². The summed E-state index contributed by atoms with van der Waals surface area (Å²) in [7, 11) is 0. The Morgan fingerprint density at radius 3 is 2.59 bits per heavy atom. The molecule has 138 valence electrons. The minimum Gasteiger partial charge on any atom is -0.348 e. The van der Waals surface area contributed by atoms with Crippen LogP contribution < -0.4 is 5.32 Å². The molecule has 0 spiro atoms. The molecule has 0 bridgehead atoms. The summed E-state index contributed by atoms with van der Waals surface area (Å²) >= 11 is 0. The van der Waals surface area contributed by atoms with E-state index < -0.39 is 0 Å². The van der Waals surface area contributed by atoms with Gasteiger partial charge < -0.3 is 5.32 Å². The van der Waals surface area contributed by atoms with Crippen molar-refractivity contribution in [2.45, 2.75) is 25.9 Å². The summed E-state index contributed by atoms with van der Waals surface area (Å²) < 4.78 is 1.86. The van der Waals surface area contributed by atoms with Crippen molar-refractivity contribution in [3.8, 4) is 5.69 Å². The first-order valence-corrected chi connectivity index (χ1v) is 9.37. The van der Waals surface area contributed by atoms with E-state index >= 15 is 0 Å². The van der Waals surface area contributed by atoms with E-state index in [2.05, 4.69) is 39.6 Å². The molecule has 1 aliphatic rings. The van der Waals surface area contributed by atoms with Crippen LogP contribution in [0.3, 0.4) is 0 Å². The van der Waals surface area contributed by atoms with E-state index in [1.165, 1.54) is 5.56 Å². The third kappa shape index (κ3) is 4.09. The van der Waals surface area contributed by atoms with Crippen LogP contribution in [0.5, 0.6) is 0 Å². The summed E-state index contributed by atoms with van der Waals surface area (Å²) in [5.41, 5.74) is 4.03. The molecule has 1 saturated heterocycles. The molecule has 2 aromatic carbocycles. The van der Waals surface area contributed by atoms with Crippen molar-refractivity contribution in [3.05, 3.63) is 83.7 Å². The predicted molar refractivity (Wildman–Crippen MR) is 106 cm³/mol. The number of nitrogens with zero attached hydrogens (tertiary/aromatic N) is 3. The number of carbonyl (C=O) groups excluding carboxylic acids is 1. The lowest BCUT2D eigenvalue weighted by molar-refractivity contribution is 0.0937. The quantitative estimate of drug-likeness (QED) is 0.760. The minimum absolute atomic E-state index is 0.00898. The van der Waals surface area contributed by atoms with E-state index in [4.69, 9.17) is 0 Å². The second kappa shape index (κ2) is 7.76. The van der Waals surface area contributed by atoms with Gasteiger partial charge in [0.2, 0.25) is 0 Å². The maximum Gasteiger partial charge on any atom is 0.251 e. The molecule has 0 unspecified atom stereocenters. The molecule has 5 nitrogen and oxygen atoms in total. The largest absolute Gasteiger partial charge is 0.348 e. The molecule has 1 N–H and O–H groups in total. The number of aryl methyl sites for hydroxylation is 1. The number of aromatic nitrogens is 2. The van der Waals surface area contributed by atoms with Gasteiger partial charge in [-0.1, -0.05) is 30.3 Å². The standard InChI is InChI=1S/C22H24N4O/c1-17-11-13-23-26(17)21-9-7-19(8-10-21)22(27)24-20-12-14-25(16-20)15-18-5-3-2-4-6-18/h2-11,13,20H,12,14-16H2,1H3,(H,24,27)/t20-/m0/s1. The first-order valence-electron chi connectivity index (χ1n) is 9.37. The van der Waals surface area contributed by atoms with Crippen molar-refractivity contribution in [2.75, 3.05) is 13.1 Å². The molecule has 4 rings (SSSR count).